The zero-order chi connectivity index (χ0) is 20.5. The minimum absolute atomic E-state index is 0.0392. The summed E-state index contributed by atoms with van der Waals surface area (Å²) in [6, 6.07) is 8.16. The number of rotatable bonds is 4. The molecule has 1 amide bonds. The van der Waals surface area contributed by atoms with Crippen LogP contribution in [0.4, 0.5) is 0 Å². The molecule has 0 saturated carbocycles. The number of hydrogen-bond donors (Lipinski definition) is 0. The lowest BCUT2D eigenvalue weighted by Crippen LogP contribution is -2.39. The second-order valence-corrected chi connectivity index (χ2v) is 8.08. The average Bonchev–Trinajstić information content (AvgIpc) is 3.25. The average molecular weight is 393 g/mol. The van der Waals surface area contributed by atoms with Crippen LogP contribution in [-0.2, 0) is 18.3 Å². The maximum absolute atomic E-state index is 13.2. The molecule has 1 unspecified atom stereocenters. The Hall–Kier alpha value is -2.89. The Morgan fingerprint density at radius 3 is 2.62 bits per heavy atom. The van der Waals surface area contributed by atoms with E-state index in [-0.39, 0.29) is 11.9 Å². The number of benzene rings is 1. The number of carbonyl (C=O) groups excluding carboxylic acids is 1. The van der Waals surface area contributed by atoms with Gasteiger partial charge in [0.25, 0.3) is 0 Å². The lowest BCUT2D eigenvalue weighted by Gasteiger charge is -2.35. The van der Waals surface area contributed by atoms with Crippen molar-refractivity contribution in [2.24, 2.45) is 7.05 Å². The summed E-state index contributed by atoms with van der Waals surface area (Å²) in [5.74, 6) is 0.905. The normalized spacial score (nSPS) is 17.0. The van der Waals surface area contributed by atoms with Crippen LogP contribution in [0.2, 0.25) is 0 Å². The third-order valence-electron chi connectivity index (χ3n) is 5.87. The van der Waals surface area contributed by atoms with Gasteiger partial charge in [-0.15, -0.1) is 0 Å². The molecule has 0 N–H and O–H groups in total. The summed E-state index contributed by atoms with van der Waals surface area (Å²) >= 11 is 0. The summed E-state index contributed by atoms with van der Waals surface area (Å²) in [4.78, 5) is 15.2. The van der Waals surface area contributed by atoms with Crippen LogP contribution in [0.25, 0.3) is 11.3 Å². The predicted octanol–water partition coefficient (Wildman–Crippen LogP) is 4.30. The van der Waals surface area contributed by atoms with Crippen molar-refractivity contribution in [2.75, 3.05) is 6.54 Å². The van der Waals surface area contributed by atoms with Crippen molar-refractivity contribution in [1.82, 2.24) is 19.8 Å². The Morgan fingerprint density at radius 2 is 1.93 bits per heavy atom. The molecule has 3 aromatic rings. The van der Waals surface area contributed by atoms with E-state index in [9.17, 15) is 4.79 Å². The van der Waals surface area contributed by atoms with E-state index in [4.69, 9.17) is 9.62 Å². The Morgan fingerprint density at radius 1 is 1.17 bits per heavy atom. The van der Waals surface area contributed by atoms with E-state index in [1.807, 2.05) is 44.1 Å². The van der Waals surface area contributed by atoms with Crippen molar-refractivity contribution in [3.8, 4) is 11.3 Å². The molecule has 6 nitrogen and oxygen atoms in total. The van der Waals surface area contributed by atoms with Gasteiger partial charge in [-0.05, 0) is 45.6 Å². The standard InChI is InChI=1S/C23H28N4O2/c1-15-8-10-18(11-9-15)13-21(28)27-12-6-5-7-20(27)22-19(14-26(4)24-22)23-16(2)17(3)25-29-23/h8-11,14,20H,5-7,12-13H2,1-4H3. The fourth-order valence-corrected chi connectivity index (χ4v) is 4.09. The summed E-state index contributed by atoms with van der Waals surface area (Å²) in [7, 11) is 1.91. The van der Waals surface area contributed by atoms with Gasteiger partial charge in [0.05, 0.1) is 29.4 Å². The number of amides is 1. The second kappa shape index (κ2) is 7.85. The van der Waals surface area contributed by atoms with Crippen LogP contribution in [-0.4, -0.2) is 32.3 Å². The second-order valence-electron chi connectivity index (χ2n) is 8.08. The highest BCUT2D eigenvalue weighted by Gasteiger charge is 2.33. The molecule has 29 heavy (non-hydrogen) atoms. The summed E-state index contributed by atoms with van der Waals surface area (Å²) in [6.45, 7) is 6.78. The smallest absolute Gasteiger partial charge is 0.227 e. The lowest BCUT2D eigenvalue weighted by atomic mass is 9.94. The molecular weight excluding hydrogens is 364 g/mol. The SMILES string of the molecule is Cc1ccc(CC(=O)N2CCCCC2c2nn(C)cc2-c2onc(C)c2C)cc1. The van der Waals surface area contributed by atoms with Crippen molar-refractivity contribution in [1.29, 1.82) is 0 Å². The number of aromatic nitrogens is 3. The fraction of sp³-hybridized carbons (Fsp3) is 0.435. The predicted molar refractivity (Wildman–Crippen MR) is 111 cm³/mol. The Balaban J connectivity index is 1.65. The van der Waals surface area contributed by atoms with Crippen molar-refractivity contribution >= 4 is 5.91 Å². The van der Waals surface area contributed by atoms with Crippen molar-refractivity contribution in [2.45, 2.75) is 52.5 Å². The van der Waals surface area contributed by atoms with Gasteiger partial charge in [0, 0.05) is 25.4 Å². The van der Waals surface area contributed by atoms with E-state index in [1.54, 1.807) is 4.68 Å². The highest BCUT2D eigenvalue weighted by Crippen LogP contribution is 2.37. The Kier molecular flexibility index (Phi) is 5.26. The van der Waals surface area contributed by atoms with E-state index >= 15 is 0 Å². The van der Waals surface area contributed by atoms with Gasteiger partial charge in [-0.25, -0.2) is 0 Å². The summed E-state index contributed by atoms with van der Waals surface area (Å²) in [5, 5.41) is 8.86. The van der Waals surface area contributed by atoms with Gasteiger partial charge < -0.3 is 9.42 Å². The molecule has 2 aromatic heterocycles. The number of carbonyl (C=O) groups is 1. The minimum atomic E-state index is -0.0392. The van der Waals surface area contributed by atoms with Gasteiger partial charge in [0.1, 0.15) is 0 Å². The molecular formula is C23H28N4O2. The zero-order valence-electron chi connectivity index (χ0n) is 17.6. The number of likely N-dealkylation sites (tertiary alicyclic amines) is 1. The number of aryl methyl sites for hydroxylation is 3. The molecule has 4 rings (SSSR count). The molecule has 1 fully saturated rings. The van der Waals surface area contributed by atoms with Crippen LogP contribution < -0.4 is 0 Å². The van der Waals surface area contributed by atoms with E-state index in [2.05, 4.69) is 24.2 Å². The highest BCUT2D eigenvalue weighted by molar-refractivity contribution is 5.80. The molecule has 1 aromatic carbocycles. The molecule has 1 aliphatic rings. The molecule has 0 aliphatic carbocycles. The Bertz CT molecular complexity index is 1020. The fourth-order valence-electron chi connectivity index (χ4n) is 4.09. The summed E-state index contributed by atoms with van der Waals surface area (Å²) < 4.78 is 7.43. The first-order valence-electron chi connectivity index (χ1n) is 10.3. The lowest BCUT2D eigenvalue weighted by molar-refractivity contribution is -0.134. The molecule has 0 spiro atoms. The van der Waals surface area contributed by atoms with Crippen molar-refractivity contribution < 1.29 is 9.32 Å². The van der Waals surface area contributed by atoms with Crippen LogP contribution in [0.15, 0.2) is 35.0 Å². The van der Waals surface area contributed by atoms with Gasteiger partial charge in [-0.2, -0.15) is 5.10 Å². The molecule has 152 valence electrons. The quantitative estimate of drug-likeness (QED) is 0.664. The summed E-state index contributed by atoms with van der Waals surface area (Å²) in [6.07, 6.45) is 5.41. The van der Waals surface area contributed by atoms with E-state index in [0.29, 0.717) is 6.42 Å². The van der Waals surface area contributed by atoms with Crippen molar-refractivity contribution in [3.05, 3.63) is 58.5 Å². The van der Waals surface area contributed by atoms with Crippen LogP contribution in [0.5, 0.6) is 0 Å². The molecule has 3 heterocycles. The maximum atomic E-state index is 13.2. The third-order valence-corrected chi connectivity index (χ3v) is 5.87. The molecule has 1 aliphatic heterocycles. The first-order chi connectivity index (χ1) is 13.9. The van der Waals surface area contributed by atoms with Gasteiger partial charge in [0.2, 0.25) is 5.91 Å². The van der Waals surface area contributed by atoms with Gasteiger partial charge >= 0.3 is 0 Å². The first kappa shape index (κ1) is 19.4. The van der Waals surface area contributed by atoms with Crippen molar-refractivity contribution in [3.63, 3.8) is 0 Å². The first-order valence-corrected chi connectivity index (χ1v) is 10.3. The highest BCUT2D eigenvalue weighted by atomic mass is 16.5. The van der Waals surface area contributed by atoms with E-state index in [1.165, 1.54) is 5.56 Å². The molecule has 6 heteroatoms. The number of piperidine rings is 1. The zero-order valence-corrected chi connectivity index (χ0v) is 17.6. The van der Waals surface area contributed by atoms with Crippen LogP contribution in [0.1, 0.15) is 53.4 Å². The molecule has 0 bridgehead atoms. The monoisotopic (exact) mass is 392 g/mol. The Labute approximate surface area is 171 Å². The van der Waals surface area contributed by atoms with Crippen LogP contribution >= 0.6 is 0 Å². The molecule has 1 saturated heterocycles. The minimum Gasteiger partial charge on any atom is -0.356 e. The van der Waals surface area contributed by atoms with E-state index < -0.39 is 0 Å². The number of hydrogen-bond acceptors (Lipinski definition) is 4. The van der Waals surface area contributed by atoms with Crippen LogP contribution in [0, 0.1) is 20.8 Å². The molecule has 1 atom stereocenters. The molecule has 0 radical (unpaired) electrons. The van der Waals surface area contributed by atoms with Gasteiger partial charge in [-0.1, -0.05) is 35.0 Å². The maximum Gasteiger partial charge on any atom is 0.227 e. The summed E-state index contributed by atoms with van der Waals surface area (Å²) in [5.41, 5.74) is 5.99. The largest absolute Gasteiger partial charge is 0.356 e. The number of nitrogens with zero attached hydrogens (tertiary/aromatic N) is 4. The third kappa shape index (κ3) is 3.84. The topological polar surface area (TPSA) is 64.2 Å². The van der Waals surface area contributed by atoms with E-state index in [0.717, 1.165) is 59.6 Å². The van der Waals surface area contributed by atoms with Gasteiger partial charge in [-0.3, -0.25) is 9.48 Å². The van der Waals surface area contributed by atoms with Crippen LogP contribution in [0.3, 0.4) is 0 Å². The van der Waals surface area contributed by atoms with Gasteiger partial charge in [0.15, 0.2) is 5.76 Å².